The Bertz CT molecular complexity index is 750. The van der Waals surface area contributed by atoms with Crippen LogP contribution in [0.2, 0.25) is 0 Å². The quantitative estimate of drug-likeness (QED) is 0.904. The molecular weight excluding hydrogens is 314 g/mol. The summed E-state index contributed by atoms with van der Waals surface area (Å²) in [6, 6.07) is 8.65. The van der Waals surface area contributed by atoms with Gasteiger partial charge in [-0.1, -0.05) is 0 Å². The fourth-order valence-corrected chi connectivity index (χ4v) is 3.24. The Morgan fingerprint density at radius 3 is 2.68 bits per heavy atom. The normalized spacial score (nSPS) is 18.4. The zero-order valence-corrected chi connectivity index (χ0v) is 15.9. The van der Waals surface area contributed by atoms with E-state index in [0.29, 0.717) is 11.7 Å². The molecule has 1 fully saturated rings. The van der Waals surface area contributed by atoms with E-state index in [0.717, 1.165) is 36.2 Å². The Hall–Kier alpha value is -2.01. The molecule has 5 heteroatoms. The van der Waals surface area contributed by atoms with Gasteiger partial charge in [0.15, 0.2) is 0 Å². The summed E-state index contributed by atoms with van der Waals surface area (Å²) < 4.78 is 6.17. The summed E-state index contributed by atoms with van der Waals surface area (Å²) in [6.45, 7) is 10.5. The Labute approximate surface area is 149 Å². The maximum Gasteiger partial charge on any atom is 0.270 e. The minimum absolute atomic E-state index is 0.0111. The van der Waals surface area contributed by atoms with Crippen molar-refractivity contribution in [3.63, 3.8) is 0 Å². The largest absolute Gasteiger partial charge is 0.489 e. The van der Waals surface area contributed by atoms with Crippen molar-refractivity contribution in [1.29, 1.82) is 0 Å². The number of aromatic nitrogens is 1. The Morgan fingerprint density at radius 2 is 2.04 bits per heavy atom. The van der Waals surface area contributed by atoms with Gasteiger partial charge in [0.2, 0.25) is 0 Å². The van der Waals surface area contributed by atoms with Gasteiger partial charge in [0.1, 0.15) is 17.5 Å². The number of carbonyl (C=O) groups excluding carboxylic acids is 1. The number of aromatic amines is 1. The summed E-state index contributed by atoms with van der Waals surface area (Å²) in [5, 5.41) is 1.01. The number of H-pyrrole nitrogens is 1. The van der Waals surface area contributed by atoms with E-state index < -0.39 is 0 Å². The predicted molar refractivity (Wildman–Crippen MR) is 101 cm³/mol. The number of hydrogen-bond donors (Lipinski definition) is 1. The molecule has 1 aromatic heterocycles. The van der Waals surface area contributed by atoms with Gasteiger partial charge in [-0.25, -0.2) is 0 Å². The van der Waals surface area contributed by atoms with Gasteiger partial charge in [0.05, 0.1) is 0 Å². The third-order valence-electron chi connectivity index (χ3n) is 5.13. The molecule has 3 rings (SSSR count). The van der Waals surface area contributed by atoms with Gasteiger partial charge >= 0.3 is 0 Å². The van der Waals surface area contributed by atoms with Crippen LogP contribution in [0.3, 0.4) is 0 Å². The van der Waals surface area contributed by atoms with E-state index >= 15 is 0 Å². The maximum atomic E-state index is 12.5. The van der Waals surface area contributed by atoms with Crippen molar-refractivity contribution in [2.45, 2.75) is 52.3 Å². The van der Waals surface area contributed by atoms with Crippen LogP contribution in [0.1, 0.15) is 44.6 Å². The van der Waals surface area contributed by atoms with E-state index in [4.69, 9.17) is 4.74 Å². The van der Waals surface area contributed by atoms with E-state index in [1.807, 2.05) is 45.2 Å². The third-order valence-corrected chi connectivity index (χ3v) is 5.13. The van der Waals surface area contributed by atoms with Gasteiger partial charge in [0.25, 0.3) is 5.91 Å². The van der Waals surface area contributed by atoms with Gasteiger partial charge in [-0.2, -0.15) is 0 Å². The number of hydrogen-bond acceptors (Lipinski definition) is 3. The number of ether oxygens (including phenoxy) is 1. The lowest BCUT2D eigenvalue weighted by Gasteiger charge is -2.20. The van der Waals surface area contributed by atoms with Crippen LogP contribution in [0.25, 0.3) is 10.9 Å². The maximum absolute atomic E-state index is 12.5. The summed E-state index contributed by atoms with van der Waals surface area (Å²) in [5.74, 6) is 0.885. The third kappa shape index (κ3) is 3.82. The lowest BCUT2D eigenvalue weighted by molar-refractivity contribution is 0.0750. The smallest absolute Gasteiger partial charge is 0.270 e. The van der Waals surface area contributed by atoms with Crippen LogP contribution < -0.4 is 4.74 Å². The van der Waals surface area contributed by atoms with Crippen molar-refractivity contribution in [2.24, 2.45) is 0 Å². The summed E-state index contributed by atoms with van der Waals surface area (Å²) in [4.78, 5) is 19.9. The van der Waals surface area contributed by atoms with Gasteiger partial charge in [0, 0.05) is 43.1 Å². The van der Waals surface area contributed by atoms with Crippen LogP contribution in [0.4, 0.5) is 0 Å². The first-order valence-corrected chi connectivity index (χ1v) is 9.15. The Morgan fingerprint density at radius 1 is 1.28 bits per heavy atom. The molecule has 0 bridgehead atoms. The summed E-state index contributed by atoms with van der Waals surface area (Å²) in [7, 11) is 1.83. The van der Waals surface area contributed by atoms with Crippen molar-refractivity contribution < 1.29 is 9.53 Å². The van der Waals surface area contributed by atoms with Crippen LogP contribution >= 0.6 is 0 Å². The summed E-state index contributed by atoms with van der Waals surface area (Å²) >= 11 is 0. The van der Waals surface area contributed by atoms with Gasteiger partial charge < -0.3 is 14.6 Å². The monoisotopic (exact) mass is 343 g/mol. The van der Waals surface area contributed by atoms with Crippen LogP contribution in [-0.2, 0) is 0 Å². The Kier molecular flexibility index (Phi) is 5.04. The second-order valence-electron chi connectivity index (χ2n) is 7.56. The zero-order valence-electron chi connectivity index (χ0n) is 15.9. The topological polar surface area (TPSA) is 48.6 Å². The number of fused-ring (bicyclic) bond motifs is 1. The zero-order chi connectivity index (χ0) is 18.1. The lowest BCUT2D eigenvalue weighted by atomic mass is 10.2. The highest BCUT2D eigenvalue weighted by Gasteiger charge is 2.25. The molecule has 136 valence electrons. The average Bonchev–Trinajstić information content (AvgIpc) is 3.19. The van der Waals surface area contributed by atoms with Crippen molar-refractivity contribution in [1.82, 2.24) is 14.8 Å². The molecule has 2 heterocycles. The fraction of sp³-hybridized carbons (Fsp3) is 0.550. The van der Waals surface area contributed by atoms with E-state index in [9.17, 15) is 4.79 Å². The van der Waals surface area contributed by atoms with Crippen LogP contribution in [0.15, 0.2) is 24.3 Å². The molecule has 1 atom stereocenters. The lowest BCUT2D eigenvalue weighted by Crippen LogP contribution is -2.33. The molecular formula is C20H29N3O2. The number of amides is 1. The first-order chi connectivity index (χ1) is 11.8. The highest BCUT2D eigenvalue weighted by molar-refractivity contribution is 5.98. The van der Waals surface area contributed by atoms with E-state index in [2.05, 4.69) is 23.7 Å². The molecule has 0 saturated carbocycles. The van der Waals surface area contributed by atoms with Crippen molar-refractivity contribution in [3.8, 4) is 5.75 Å². The standard InChI is InChI=1S/C20H29N3O2/c1-13(2)22(5)20(24)19-11-15-10-16(6-7-18(15)21-19)25-17-8-9-23(12-17)14(3)4/h6-7,10-11,13-14,17,21H,8-9,12H2,1-5H3. The molecule has 0 radical (unpaired) electrons. The fourth-order valence-electron chi connectivity index (χ4n) is 3.24. The molecule has 0 spiro atoms. The van der Waals surface area contributed by atoms with Crippen LogP contribution in [0.5, 0.6) is 5.75 Å². The molecule has 5 nitrogen and oxygen atoms in total. The molecule has 2 aromatic rings. The molecule has 1 unspecified atom stereocenters. The number of benzene rings is 1. The first kappa shape index (κ1) is 17.8. The molecule has 1 aromatic carbocycles. The predicted octanol–water partition coefficient (Wildman–Crippen LogP) is 3.51. The molecule has 1 amide bonds. The second-order valence-corrected chi connectivity index (χ2v) is 7.56. The number of carbonyl (C=O) groups is 1. The van der Waals surface area contributed by atoms with Crippen LogP contribution in [0, 0.1) is 0 Å². The average molecular weight is 343 g/mol. The van der Waals surface area contributed by atoms with Gasteiger partial charge in [-0.3, -0.25) is 9.69 Å². The van der Waals surface area contributed by atoms with Gasteiger partial charge in [-0.05, 0) is 58.4 Å². The van der Waals surface area contributed by atoms with Crippen molar-refractivity contribution in [3.05, 3.63) is 30.0 Å². The first-order valence-electron chi connectivity index (χ1n) is 9.15. The van der Waals surface area contributed by atoms with Crippen LogP contribution in [-0.4, -0.2) is 59.0 Å². The SMILES string of the molecule is CC(C)N1CCC(Oc2ccc3[nH]c(C(=O)N(C)C(C)C)cc3c2)C1. The molecule has 0 aliphatic carbocycles. The van der Waals surface area contributed by atoms with Gasteiger partial charge in [-0.15, -0.1) is 0 Å². The highest BCUT2D eigenvalue weighted by Crippen LogP contribution is 2.25. The molecule has 25 heavy (non-hydrogen) atoms. The minimum Gasteiger partial charge on any atom is -0.489 e. The number of likely N-dealkylation sites (tertiary alicyclic amines) is 1. The molecule has 1 aliphatic rings. The highest BCUT2D eigenvalue weighted by atomic mass is 16.5. The second kappa shape index (κ2) is 7.08. The molecule has 1 aliphatic heterocycles. The number of rotatable bonds is 5. The van der Waals surface area contributed by atoms with Crippen molar-refractivity contribution in [2.75, 3.05) is 20.1 Å². The van der Waals surface area contributed by atoms with Crippen molar-refractivity contribution >= 4 is 16.8 Å². The Balaban J connectivity index is 1.74. The summed E-state index contributed by atoms with van der Waals surface area (Å²) in [5.41, 5.74) is 1.58. The number of nitrogens with one attached hydrogen (secondary N) is 1. The molecule has 1 N–H and O–H groups in total. The minimum atomic E-state index is 0.0111. The summed E-state index contributed by atoms with van der Waals surface area (Å²) in [6.07, 6.45) is 1.30. The van der Waals surface area contributed by atoms with E-state index in [1.165, 1.54) is 0 Å². The number of nitrogens with zero attached hydrogens (tertiary/aromatic N) is 2. The van der Waals surface area contributed by atoms with E-state index in [1.54, 1.807) is 4.90 Å². The molecule has 1 saturated heterocycles. The van der Waals surface area contributed by atoms with E-state index in [-0.39, 0.29) is 18.1 Å².